The van der Waals surface area contributed by atoms with Crippen LogP contribution in [0.1, 0.15) is 6.42 Å². The highest BCUT2D eigenvalue weighted by molar-refractivity contribution is 6.30. The first-order valence-electron chi connectivity index (χ1n) is 4.33. The van der Waals surface area contributed by atoms with Crippen LogP contribution in [0, 0.1) is 5.82 Å². The molecule has 0 aliphatic carbocycles. The lowest BCUT2D eigenvalue weighted by molar-refractivity contribution is 0.313. The van der Waals surface area contributed by atoms with Crippen molar-refractivity contribution in [2.45, 2.75) is 6.42 Å². The Bertz CT molecular complexity index is 380. The van der Waals surface area contributed by atoms with Gasteiger partial charge in [0, 0.05) is 17.5 Å². The van der Waals surface area contributed by atoms with Gasteiger partial charge in [-0.1, -0.05) is 16.7 Å². The van der Waals surface area contributed by atoms with Crippen LogP contribution in [0.2, 0.25) is 5.02 Å². The van der Waals surface area contributed by atoms with Crippen molar-refractivity contribution in [1.82, 2.24) is 0 Å². The third-order valence-electron chi connectivity index (χ3n) is 1.63. The Balaban J connectivity index is 2.37. The fourth-order valence-corrected chi connectivity index (χ4v) is 1.11. The summed E-state index contributed by atoms with van der Waals surface area (Å²) in [5.41, 5.74) is 8.01. The predicted molar refractivity (Wildman–Crippen MR) is 55.5 cm³/mol. The van der Waals surface area contributed by atoms with Gasteiger partial charge < -0.3 is 4.74 Å². The second-order valence-corrected chi connectivity index (χ2v) is 3.14. The van der Waals surface area contributed by atoms with Crippen molar-refractivity contribution in [3.63, 3.8) is 0 Å². The van der Waals surface area contributed by atoms with Gasteiger partial charge in [0.05, 0.1) is 11.6 Å². The zero-order valence-electron chi connectivity index (χ0n) is 7.86. The largest absolute Gasteiger partial charge is 0.494 e. The molecule has 0 spiro atoms. The van der Waals surface area contributed by atoms with Gasteiger partial charge in [0.2, 0.25) is 0 Å². The molecule has 4 nitrogen and oxygen atoms in total. The van der Waals surface area contributed by atoms with Gasteiger partial charge in [0.1, 0.15) is 11.6 Å². The molecule has 0 radical (unpaired) electrons. The molecule has 0 aromatic heterocycles. The molecular formula is C9H9ClFN3O. The molecule has 0 atom stereocenters. The summed E-state index contributed by atoms with van der Waals surface area (Å²) >= 11 is 5.55. The lowest BCUT2D eigenvalue weighted by Crippen LogP contribution is -1.98. The quantitative estimate of drug-likeness (QED) is 0.330. The Morgan fingerprint density at radius 3 is 3.00 bits per heavy atom. The third-order valence-corrected chi connectivity index (χ3v) is 1.92. The van der Waals surface area contributed by atoms with Gasteiger partial charge in [-0.05, 0) is 24.1 Å². The van der Waals surface area contributed by atoms with Crippen molar-refractivity contribution in [2.75, 3.05) is 13.2 Å². The van der Waals surface area contributed by atoms with E-state index in [1.165, 1.54) is 18.2 Å². The van der Waals surface area contributed by atoms with E-state index in [4.69, 9.17) is 21.9 Å². The topological polar surface area (TPSA) is 58.0 Å². The molecule has 0 saturated carbocycles. The summed E-state index contributed by atoms with van der Waals surface area (Å²) in [5, 5.41) is 3.38. The number of benzene rings is 1. The molecule has 0 amide bonds. The minimum absolute atomic E-state index is 0.0301. The van der Waals surface area contributed by atoms with E-state index in [2.05, 4.69) is 10.0 Å². The van der Waals surface area contributed by atoms with Gasteiger partial charge in [-0.3, -0.25) is 0 Å². The van der Waals surface area contributed by atoms with Crippen molar-refractivity contribution < 1.29 is 9.13 Å². The molecule has 0 saturated heterocycles. The standard InChI is InChI=1S/C9H9ClFN3O/c10-8-6-7(2-3-9(8)11)15-5-1-4-13-14-12/h2-3,6H,1,4-5H2. The molecule has 1 aromatic carbocycles. The van der Waals surface area contributed by atoms with Crippen LogP contribution in [0.5, 0.6) is 5.75 Å². The van der Waals surface area contributed by atoms with Gasteiger partial charge in [-0.25, -0.2) is 4.39 Å². The summed E-state index contributed by atoms with van der Waals surface area (Å²) in [6.45, 7) is 0.784. The Labute approximate surface area is 91.2 Å². The molecule has 1 aromatic rings. The minimum atomic E-state index is -0.474. The Hall–Kier alpha value is -1.45. The Morgan fingerprint density at radius 2 is 2.33 bits per heavy atom. The number of nitrogens with zero attached hydrogens (tertiary/aromatic N) is 3. The van der Waals surface area contributed by atoms with E-state index in [-0.39, 0.29) is 5.02 Å². The first kappa shape index (κ1) is 11.6. The van der Waals surface area contributed by atoms with E-state index in [0.717, 1.165) is 0 Å². The highest BCUT2D eigenvalue weighted by Gasteiger charge is 2.00. The second kappa shape index (κ2) is 6.11. The maximum absolute atomic E-state index is 12.7. The van der Waals surface area contributed by atoms with Crippen molar-refractivity contribution in [3.05, 3.63) is 39.5 Å². The number of hydrogen-bond donors (Lipinski definition) is 0. The molecule has 0 fully saturated rings. The van der Waals surface area contributed by atoms with Crippen LogP contribution in [0.4, 0.5) is 4.39 Å². The molecule has 0 aliphatic heterocycles. The van der Waals surface area contributed by atoms with E-state index in [0.29, 0.717) is 25.3 Å². The van der Waals surface area contributed by atoms with Gasteiger partial charge >= 0.3 is 0 Å². The monoisotopic (exact) mass is 229 g/mol. The Morgan fingerprint density at radius 1 is 1.53 bits per heavy atom. The number of ether oxygens (including phenoxy) is 1. The Kier molecular flexibility index (Phi) is 4.74. The molecule has 6 heteroatoms. The number of azide groups is 1. The molecule has 0 unspecified atom stereocenters. The number of halogens is 2. The molecule has 0 N–H and O–H groups in total. The average molecular weight is 230 g/mol. The van der Waals surface area contributed by atoms with Crippen molar-refractivity contribution in [1.29, 1.82) is 0 Å². The van der Waals surface area contributed by atoms with Crippen LogP contribution < -0.4 is 4.74 Å². The van der Waals surface area contributed by atoms with E-state index < -0.39 is 5.82 Å². The molecule has 80 valence electrons. The van der Waals surface area contributed by atoms with Crippen LogP contribution in [0.3, 0.4) is 0 Å². The van der Waals surface area contributed by atoms with Gasteiger partial charge in [0.25, 0.3) is 0 Å². The third kappa shape index (κ3) is 4.06. The molecule has 1 rings (SSSR count). The second-order valence-electron chi connectivity index (χ2n) is 2.73. The maximum atomic E-state index is 12.7. The van der Waals surface area contributed by atoms with Crippen molar-refractivity contribution >= 4 is 11.6 Å². The van der Waals surface area contributed by atoms with Crippen LogP contribution in [-0.2, 0) is 0 Å². The molecule has 0 bridgehead atoms. The minimum Gasteiger partial charge on any atom is -0.494 e. The lowest BCUT2D eigenvalue weighted by atomic mass is 10.3. The number of hydrogen-bond acceptors (Lipinski definition) is 2. The van der Waals surface area contributed by atoms with E-state index >= 15 is 0 Å². The van der Waals surface area contributed by atoms with Crippen molar-refractivity contribution in [2.24, 2.45) is 5.11 Å². The predicted octanol–water partition coefficient (Wildman–Crippen LogP) is 3.56. The van der Waals surface area contributed by atoms with Crippen LogP contribution in [0.25, 0.3) is 10.4 Å². The van der Waals surface area contributed by atoms with Crippen LogP contribution in [-0.4, -0.2) is 13.2 Å². The fraction of sp³-hybridized carbons (Fsp3) is 0.333. The molecule has 15 heavy (non-hydrogen) atoms. The summed E-state index contributed by atoms with van der Waals surface area (Å²) in [5.74, 6) is 0.0282. The van der Waals surface area contributed by atoms with Gasteiger partial charge in [-0.15, -0.1) is 0 Å². The maximum Gasteiger partial charge on any atom is 0.142 e. The molecular weight excluding hydrogens is 221 g/mol. The molecule has 0 aliphatic rings. The highest BCUT2D eigenvalue weighted by Crippen LogP contribution is 2.20. The summed E-state index contributed by atoms with van der Waals surface area (Å²) in [6, 6.07) is 4.14. The average Bonchev–Trinajstić information content (AvgIpc) is 2.23. The summed E-state index contributed by atoms with van der Waals surface area (Å²) < 4.78 is 18.0. The smallest absolute Gasteiger partial charge is 0.142 e. The van der Waals surface area contributed by atoms with Gasteiger partial charge in [-0.2, -0.15) is 0 Å². The number of rotatable bonds is 5. The fourth-order valence-electron chi connectivity index (χ4n) is 0.937. The van der Waals surface area contributed by atoms with Gasteiger partial charge in [0.15, 0.2) is 0 Å². The lowest BCUT2D eigenvalue weighted by Gasteiger charge is -2.05. The zero-order chi connectivity index (χ0) is 11.1. The highest BCUT2D eigenvalue weighted by atomic mass is 35.5. The first-order chi connectivity index (χ1) is 7.24. The van der Waals surface area contributed by atoms with E-state index in [1.807, 2.05) is 0 Å². The van der Waals surface area contributed by atoms with Crippen molar-refractivity contribution in [3.8, 4) is 5.75 Å². The summed E-state index contributed by atoms with van der Waals surface area (Å²) in [4.78, 5) is 2.60. The molecule has 0 heterocycles. The van der Waals surface area contributed by atoms with Crippen LogP contribution >= 0.6 is 11.6 Å². The summed E-state index contributed by atoms with van der Waals surface area (Å²) in [7, 11) is 0. The van der Waals surface area contributed by atoms with E-state index in [1.54, 1.807) is 0 Å². The summed E-state index contributed by atoms with van der Waals surface area (Å²) in [6.07, 6.45) is 0.610. The van der Waals surface area contributed by atoms with Crippen LogP contribution in [0.15, 0.2) is 23.3 Å². The van der Waals surface area contributed by atoms with E-state index in [9.17, 15) is 4.39 Å². The SMILES string of the molecule is [N-]=[N+]=NCCCOc1ccc(F)c(Cl)c1. The normalized spacial score (nSPS) is 9.47. The zero-order valence-corrected chi connectivity index (χ0v) is 8.62. The first-order valence-corrected chi connectivity index (χ1v) is 4.70.